The van der Waals surface area contributed by atoms with Crippen LogP contribution >= 0.6 is 39.3 Å². The van der Waals surface area contributed by atoms with Crippen LogP contribution in [0.25, 0.3) is 17.0 Å². The number of halogens is 2. The fourth-order valence-corrected chi connectivity index (χ4v) is 5.17. The van der Waals surface area contributed by atoms with E-state index >= 15 is 0 Å². The van der Waals surface area contributed by atoms with Crippen molar-refractivity contribution >= 4 is 62.0 Å². The van der Waals surface area contributed by atoms with Gasteiger partial charge in [0.2, 0.25) is 5.52 Å². The minimum absolute atomic E-state index is 0.113. The molecule has 0 unspecified atom stereocenters. The number of hydrogen-bond donors (Lipinski definition) is 1. The Bertz CT molecular complexity index is 1130. The quantitative estimate of drug-likeness (QED) is 0.445. The Morgan fingerprint density at radius 1 is 1.21 bits per heavy atom. The molecule has 6 heteroatoms. The van der Waals surface area contributed by atoms with E-state index in [1.54, 1.807) is 11.8 Å². The molecule has 2 aromatic carbocycles. The number of fused-ring (bicyclic) bond motifs is 2. The van der Waals surface area contributed by atoms with E-state index in [4.69, 9.17) is 11.6 Å². The molecule has 29 heavy (non-hydrogen) atoms. The third-order valence-corrected chi connectivity index (χ3v) is 6.74. The van der Waals surface area contributed by atoms with Crippen LogP contribution in [-0.4, -0.2) is 18.3 Å². The molecule has 0 amide bonds. The van der Waals surface area contributed by atoms with Gasteiger partial charge in [-0.15, -0.1) is 0 Å². The zero-order valence-electron chi connectivity index (χ0n) is 16.0. The highest BCUT2D eigenvalue weighted by molar-refractivity contribution is 9.10. The molecule has 0 fully saturated rings. The van der Waals surface area contributed by atoms with Crippen molar-refractivity contribution in [2.75, 3.05) is 18.1 Å². The van der Waals surface area contributed by atoms with E-state index in [0.717, 1.165) is 32.5 Å². The highest BCUT2D eigenvalue weighted by Crippen LogP contribution is 2.46. The van der Waals surface area contributed by atoms with Crippen molar-refractivity contribution < 1.29 is 9.67 Å². The van der Waals surface area contributed by atoms with Gasteiger partial charge in [0.1, 0.15) is 6.61 Å². The number of thioether (sulfide) groups is 1. The Labute approximate surface area is 188 Å². The highest BCUT2D eigenvalue weighted by Gasteiger charge is 2.23. The highest BCUT2D eigenvalue weighted by atomic mass is 79.9. The van der Waals surface area contributed by atoms with Gasteiger partial charge in [-0.3, -0.25) is 0 Å². The summed E-state index contributed by atoms with van der Waals surface area (Å²) in [6, 6.07) is 14.4. The predicted molar refractivity (Wildman–Crippen MR) is 126 cm³/mol. The van der Waals surface area contributed by atoms with E-state index in [-0.39, 0.29) is 6.61 Å². The lowest BCUT2D eigenvalue weighted by atomic mass is 10.1. The fourth-order valence-electron chi connectivity index (χ4n) is 3.53. The molecular weight excluding hydrogens is 468 g/mol. The van der Waals surface area contributed by atoms with Crippen LogP contribution in [0, 0.1) is 0 Å². The van der Waals surface area contributed by atoms with Crippen LogP contribution in [0.3, 0.4) is 0 Å². The van der Waals surface area contributed by atoms with Crippen molar-refractivity contribution in [3.63, 3.8) is 0 Å². The van der Waals surface area contributed by atoms with Crippen molar-refractivity contribution in [3.8, 4) is 0 Å². The van der Waals surface area contributed by atoms with Crippen molar-refractivity contribution in [2.45, 2.75) is 18.4 Å². The molecule has 4 rings (SSSR count). The summed E-state index contributed by atoms with van der Waals surface area (Å²) in [4.78, 5) is 3.52. The van der Waals surface area contributed by atoms with Gasteiger partial charge in [-0.2, -0.15) is 4.57 Å². The van der Waals surface area contributed by atoms with Gasteiger partial charge in [-0.1, -0.05) is 51.4 Å². The lowest BCUT2D eigenvalue weighted by Crippen LogP contribution is -2.36. The topological polar surface area (TPSA) is 27.4 Å². The van der Waals surface area contributed by atoms with Gasteiger partial charge in [0.15, 0.2) is 12.7 Å². The molecular formula is C23H21BrClN2OS+. The SMILES string of the molecule is CCN1/C(=C/C=C/c2cc[n+](CCO)c3cc(Br)ccc23)Sc2ccc(Cl)cc21. The first-order valence-electron chi connectivity index (χ1n) is 9.46. The van der Waals surface area contributed by atoms with E-state index in [9.17, 15) is 5.11 Å². The van der Waals surface area contributed by atoms with Crippen molar-refractivity contribution in [1.82, 2.24) is 0 Å². The third kappa shape index (κ3) is 4.24. The first-order chi connectivity index (χ1) is 14.1. The minimum atomic E-state index is 0.113. The smallest absolute Gasteiger partial charge is 0.214 e. The van der Waals surface area contributed by atoms with E-state index in [1.807, 2.05) is 24.4 Å². The molecule has 0 spiro atoms. The second-order valence-electron chi connectivity index (χ2n) is 6.67. The zero-order chi connectivity index (χ0) is 20.4. The molecule has 0 saturated carbocycles. The van der Waals surface area contributed by atoms with E-state index in [0.29, 0.717) is 6.54 Å². The number of anilines is 1. The van der Waals surface area contributed by atoms with Gasteiger partial charge in [0.25, 0.3) is 0 Å². The summed E-state index contributed by atoms with van der Waals surface area (Å²) >= 11 is 11.5. The Morgan fingerprint density at radius 3 is 2.86 bits per heavy atom. The molecule has 2 heterocycles. The first-order valence-corrected chi connectivity index (χ1v) is 11.5. The number of hydrogen-bond acceptors (Lipinski definition) is 3. The summed E-state index contributed by atoms with van der Waals surface area (Å²) in [6.45, 7) is 3.73. The molecule has 148 valence electrons. The maximum atomic E-state index is 9.35. The first kappa shape index (κ1) is 20.5. The number of aliphatic hydroxyl groups excluding tert-OH is 1. The lowest BCUT2D eigenvalue weighted by molar-refractivity contribution is -0.672. The molecule has 1 N–H and O–H groups in total. The van der Waals surface area contributed by atoms with Gasteiger partial charge < -0.3 is 10.0 Å². The minimum Gasteiger partial charge on any atom is -0.390 e. The van der Waals surface area contributed by atoms with Gasteiger partial charge in [-0.05, 0) is 48.9 Å². The van der Waals surface area contributed by atoms with Crippen LogP contribution in [-0.2, 0) is 6.54 Å². The monoisotopic (exact) mass is 487 g/mol. The molecule has 0 bridgehead atoms. The molecule has 0 aliphatic carbocycles. The summed E-state index contributed by atoms with van der Waals surface area (Å²) in [6.07, 6.45) is 8.42. The third-order valence-electron chi connectivity index (χ3n) is 4.88. The maximum absolute atomic E-state index is 9.35. The lowest BCUT2D eigenvalue weighted by Gasteiger charge is -2.17. The Hall–Kier alpha value is -1.79. The van der Waals surface area contributed by atoms with E-state index in [1.165, 1.54) is 15.6 Å². The average Bonchev–Trinajstić information content (AvgIpc) is 3.06. The van der Waals surface area contributed by atoms with Crippen molar-refractivity contribution in [1.29, 1.82) is 0 Å². The summed E-state index contributed by atoms with van der Waals surface area (Å²) in [5.41, 5.74) is 3.41. The average molecular weight is 489 g/mol. The molecule has 1 aliphatic rings. The molecule has 1 aliphatic heterocycles. The number of nitrogens with zero attached hydrogens (tertiary/aromatic N) is 2. The largest absolute Gasteiger partial charge is 0.390 e. The summed E-state index contributed by atoms with van der Waals surface area (Å²) in [5, 5.41) is 12.5. The standard InChI is InChI=1S/C23H21BrClN2OS/c1-2-27-21-15-18(25)7-9-22(21)29-23(27)5-3-4-16-10-11-26(12-13-28)20-14-17(24)6-8-19(16)20/h3-11,14-15,28H,2,12-13H2,1H3/q+1. The van der Waals surface area contributed by atoms with Gasteiger partial charge in [-0.25, -0.2) is 0 Å². The normalized spacial score (nSPS) is 15.0. The summed E-state index contributed by atoms with van der Waals surface area (Å²) in [5.74, 6) is 0. The fraction of sp³-hybridized carbons (Fsp3) is 0.174. The molecule has 0 radical (unpaired) electrons. The molecule has 0 atom stereocenters. The second kappa shape index (κ2) is 8.92. The van der Waals surface area contributed by atoms with Crippen LogP contribution in [0.15, 0.2) is 75.2 Å². The second-order valence-corrected chi connectivity index (χ2v) is 9.09. The van der Waals surface area contributed by atoms with Gasteiger partial charge in [0.05, 0.1) is 16.1 Å². The number of pyridine rings is 1. The number of allylic oxidation sites excluding steroid dienone is 2. The number of rotatable bonds is 5. The van der Waals surface area contributed by atoms with Gasteiger partial charge >= 0.3 is 0 Å². The van der Waals surface area contributed by atoms with E-state index < -0.39 is 0 Å². The van der Waals surface area contributed by atoms with Gasteiger partial charge in [0, 0.05) is 33.1 Å². The molecule has 3 aromatic rings. The van der Waals surface area contributed by atoms with Crippen molar-refractivity contribution in [3.05, 3.63) is 80.9 Å². The number of aromatic nitrogens is 1. The van der Waals surface area contributed by atoms with Crippen LogP contribution < -0.4 is 9.47 Å². The number of aliphatic hydroxyl groups is 1. The van der Waals surface area contributed by atoms with Crippen LogP contribution in [0.1, 0.15) is 12.5 Å². The van der Waals surface area contributed by atoms with Crippen LogP contribution in [0.5, 0.6) is 0 Å². The predicted octanol–water partition coefficient (Wildman–Crippen LogP) is 6.02. The van der Waals surface area contributed by atoms with Crippen molar-refractivity contribution in [2.24, 2.45) is 0 Å². The Balaban J connectivity index is 1.66. The summed E-state index contributed by atoms with van der Waals surface area (Å²) < 4.78 is 3.10. The molecule has 3 nitrogen and oxygen atoms in total. The maximum Gasteiger partial charge on any atom is 0.214 e. The molecule has 1 aromatic heterocycles. The van der Waals surface area contributed by atoms with Crippen LogP contribution in [0.4, 0.5) is 5.69 Å². The molecule has 0 saturated heterocycles. The Kier molecular flexibility index (Phi) is 6.30. The summed E-state index contributed by atoms with van der Waals surface area (Å²) in [7, 11) is 0. The van der Waals surface area contributed by atoms with E-state index in [2.05, 4.69) is 74.8 Å². The Morgan fingerprint density at radius 2 is 2.07 bits per heavy atom. The van der Waals surface area contributed by atoms with Crippen LogP contribution in [0.2, 0.25) is 5.02 Å². The number of benzene rings is 2. The zero-order valence-corrected chi connectivity index (χ0v) is 19.1.